The Kier molecular flexibility index (Phi) is 6.61. The van der Waals surface area contributed by atoms with Crippen molar-refractivity contribution in [1.82, 2.24) is 10.6 Å². The summed E-state index contributed by atoms with van der Waals surface area (Å²) in [6, 6.07) is 23.2. The monoisotopic (exact) mass is 420 g/mol. The van der Waals surface area contributed by atoms with Gasteiger partial charge in [-0.1, -0.05) is 102 Å². The molecule has 3 nitrogen and oxygen atoms in total. The number of carbonyl (C=O) groups excluding carboxylic acids is 1. The third-order valence-corrected chi connectivity index (χ3v) is 4.90. The fraction of sp³-hybridized carbons (Fsp3) is 0.190. The predicted molar refractivity (Wildman–Crippen MR) is 114 cm³/mol. The molecule has 6 heteroatoms. The maximum atomic E-state index is 12.8. The summed E-state index contributed by atoms with van der Waals surface area (Å²) in [5.74, 6) is -0.296. The van der Waals surface area contributed by atoms with Crippen LogP contribution in [0, 0.1) is 0 Å². The van der Waals surface area contributed by atoms with Crippen LogP contribution >= 0.6 is 34.8 Å². The first kappa shape index (κ1) is 20.0. The van der Waals surface area contributed by atoms with Crippen molar-refractivity contribution in [2.75, 3.05) is 6.54 Å². The Morgan fingerprint density at radius 3 is 2.30 bits per heavy atom. The molecule has 0 heterocycles. The molecule has 0 spiro atoms. The standard InChI is InChI=1S/C21H19Cl3N2O/c22-21(23,24)20(25-14-13-15-7-2-1-3-8-15)26-19(27)18-12-6-10-16-9-4-5-11-17(16)18/h1-12,20,25H,13-14H2,(H,26,27)/t20-/m0/s1. The molecule has 0 aliphatic heterocycles. The minimum absolute atomic E-state index is 0.296. The highest BCUT2D eigenvalue weighted by molar-refractivity contribution is 6.68. The molecule has 0 unspecified atom stereocenters. The Bertz CT molecular complexity index is 905. The Hall–Kier alpha value is -1.78. The molecule has 0 aliphatic carbocycles. The van der Waals surface area contributed by atoms with Crippen LogP contribution in [0.15, 0.2) is 72.8 Å². The van der Waals surface area contributed by atoms with Crippen molar-refractivity contribution in [2.24, 2.45) is 0 Å². The fourth-order valence-corrected chi connectivity index (χ4v) is 3.28. The van der Waals surface area contributed by atoms with E-state index in [-0.39, 0.29) is 5.91 Å². The Labute approximate surface area is 173 Å². The number of fused-ring (bicyclic) bond motifs is 1. The zero-order chi connectivity index (χ0) is 19.3. The maximum Gasteiger partial charge on any atom is 0.253 e. The predicted octanol–water partition coefficient (Wildman–Crippen LogP) is 5.10. The number of benzene rings is 3. The van der Waals surface area contributed by atoms with Gasteiger partial charge in [0.1, 0.15) is 6.17 Å². The number of amides is 1. The SMILES string of the molecule is O=C(N[C@H](NCCc1ccccc1)C(Cl)(Cl)Cl)c1cccc2ccccc12. The van der Waals surface area contributed by atoms with Gasteiger partial charge in [-0.3, -0.25) is 10.1 Å². The van der Waals surface area contributed by atoms with E-state index in [1.54, 1.807) is 6.07 Å². The topological polar surface area (TPSA) is 41.1 Å². The van der Waals surface area contributed by atoms with Crippen LogP contribution in [0.25, 0.3) is 10.8 Å². The lowest BCUT2D eigenvalue weighted by Crippen LogP contribution is -2.53. The van der Waals surface area contributed by atoms with Gasteiger partial charge in [0.15, 0.2) is 0 Å². The average molecular weight is 422 g/mol. The molecular weight excluding hydrogens is 403 g/mol. The molecule has 3 aromatic carbocycles. The summed E-state index contributed by atoms with van der Waals surface area (Å²) in [6.45, 7) is 0.554. The first-order valence-electron chi connectivity index (χ1n) is 8.58. The highest BCUT2D eigenvalue weighted by atomic mass is 35.6. The van der Waals surface area contributed by atoms with Crippen molar-refractivity contribution in [1.29, 1.82) is 0 Å². The van der Waals surface area contributed by atoms with Gasteiger partial charge in [0.2, 0.25) is 3.79 Å². The molecular formula is C21H19Cl3N2O. The van der Waals surface area contributed by atoms with Gasteiger partial charge in [-0.25, -0.2) is 0 Å². The summed E-state index contributed by atoms with van der Waals surface area (Å²) in [4.78, 5) is 12.8. The van der Waals surface area contributed by atoms with E-state index in [2.05, 4.69) is 10.6 Å². The number of hydrogen-bond donors (Lipinski definition) is 2. The molecule has 0 fully saturated rings. The first-order valence-corrected chi connectivity index (χ1v) is 9.71. The van der Waals surface area contributed by atoms with Crippen molar-refractivity contribution in [3.8, 4) is 0 Å². The second kappa shape index (κ2) is 8.94. The molecule has 2 N–H and O–H groups in total. The second-order valence-corrected chi connectivity index (χ2v) is 8.53. The molecule has 0 saturated carbocycles. The minimum Gasteiger partial charge on any atom is -0.333 e. The molecule has 0 aromatic heterocycles. The molecule has 27 heavy (non-hydrogen) atoms. The molecule has 0 bridgehead atoms. The van der Waals surface area contributed by atoms with Gasteiger partial charge < -0.3 is 5.32 Å². The molecule has 3 rings (SSSR count). The van der Waals surface area contributed by atoms with Gasteiger partial charge in [0.05, 0.1) is 0 Å². The zero-order valence-electron chi connectivity index (χ0n) is 14.5. The number of alkyl halides is 3. The van der Waals surface area contributed by atoms with Gasteiger partial charge in [-0.05, 0) is 28.8 Å². The van der Waals surface area contributed by atoms with Crippen LogP contribution in [0.1, 0.15) is 15.9 Å². The normalized spacial score (nSPS) is 12.7. The quantitative estimate of drug-likeness (QED) is 0.429. The first-order chi connectivity index (χ1) is 12.9. The van der Waals surface area contributed by atoms with E-state index in [0.717, 1.165) is 22.8 Å². The number of halogens is 3. The van der Waals surface area contributed by atoms with Gasteiger partial charge >= 0.3 is 0 Å². The van der Waals surface area contributed by atoms with Crippen molar-refractivity contribution in [2.45, 2.75) is 16.4 Å². The zero-order valence-corrected chi connectivity index (χ0v) is 16.7. The third kappa shape index (κ3) is 5.36. The van der Waals surface area contributed by atoms with E-state index in [1.807, 2.05) is 66.7 Å². The van der Waals surface area contributed by atoms with Crippen LogP contribution in [-0.4, -0.2) is 22.4 Å². The summed E-state index contributed by atoms with van der Waals surface area (Å²) in [7, 11) is 0. The van der Waals surface area contributed by atoms with Gasteiger partial charge in [-0.15, -0.1) is 0 Å². The summed E-state index contributed by atoms with van der Waals surface area (Å²) in [5, 5.41) is 7.77. The summed E-state index contributed by atoms with van der Waals surface area (Å²) in [5.41, 5.74) is 1.70. The van der Waals surface area contributed by atoms with Crippen LogP contribution in [0.5, 0.6) is 0 Å². The summed E-state index contributed by atoms with van der Waals surface area (Å²) in [6.07, 6.45) is -0.0694. The Morgan fingerprint density at radius 2 is 1.56 bits per heavy atom. The van der Waals surface area contributed by atoms with Crippen LogP contribution < -0.4 is 10.6 Å². The molecule has 1 amide bonds. The third-order valence-electron chi connectivity index (χ3n) is 4.24. The van der Waals surface area contributed by atoms with E-state index in [0.29, 0.717) is 12.1 Å². The van der Waals surface area contributed by atoms with Crippen LogP contribution in [-0.2, 0) is 6.42 Å². The fourth-order valence-electron chi connectivity index (χ4n) is 2.89. The number of carbonyl (C=O) groups is 1. The molecule has 0 saturated heterocycles. The largest absolute Gasteiger partial charge is 0.333 e. The Balaban J connectivity index is 1.71. The summed E-state index contributed by atoms with van der Waals surface area (Å²) < 4.78 is -1.68. The smallest absolute Gasteiger partial charge is 0.253 e. The molecule has 3 aromatic rings. The molecule has 0 radical (unpaired) electrons. The van der Waals surface area contributed by atoms with E-state index in [1.165, 1.54) is 0 Å². The molecule has 140 valence electrons. The van der Waals surface area contributed by atoms with Crippen LogP contribution in [0.3, 0.4) is 0 Å². The van der Waals surface area contributed by atoms with Crippen molar-refractivity contribution in [3.05, 3.63) is 83.9 Å². The lowest BCUT2D eigenvalue weighted by atomic mass is 10.0. The average Bonchev–Trinajstić information content (AvgIpc) is 2.66. The maximum absolute atomic E-state index is 12.8. The van der Waals surface area contributed by atoms with E-state index in [9.17, 15) is 4.79 Å². The van der Waals surface area contributed by atoms with Gasteiger partial charge in [0, 0.05) is 12.1 Å². The van der Waals surface area contributed by atoms with Crippen LogP contribution in [0.4, 0.5) is 0 Å². The van der Waals surface area contributed by atoms with E-state index >= 15 is 0 Å². The number of rotatable bonds is 6. The second-order valence-electron chi connectivity index (χ2n) is 6.16. The summed E-state index contributed by atoms with van der Waals surface area (Å²) >= 11 is 18.3. The molecule has 1 atom stereocenters. The number of hydrogen-bond acceptors (Lipinski definition) is 2. The van der Waals surface area contributed by atoms with E-state index in [4.69, 9.17) is 34.8 Å². The lowest BCUT2D eigenvalue weighted by molar-refractivity contribution is 0.0931. The number of nitrogens with one attached hydrogen (secondary N) is 2. The highest BCUT2D eigenvalue weighted by Gasteiger charge is 2.33. The minimum atomic E-state index is -1.68. The van der Waals surface area contributed by atoms with E-state index < -0.39 is 9.96 Å². The Morgan fingerprint density at radius 1 is 0.889 bits per heavy atom. The van der Waals surface area contributed by atoms with Crippen molar-refractivity contribution < 1.29 is 4.79 Å². The van der Waals surface area contributed by atoms with Crippen molar-refractivity contribution in [3.63, 3.8) is 0 Å². The highest BCUT2D eigenvalue weighted by Crippen LogP contribution is 2.29. The van der Waals surface area contributed by atoms with Crippen LogP contribution in [0.2, 0.25) is 0 Å². The molecule has 0 aliphatic rings. The lowest BCUT2D eigenvalue weighted by Gasteiger charge is -2.27. The van der Waals surface area contributed by atoms with Gasteiger partial charge in [-0.2, -0.15) is 0 Å². The van der Waals surface area contributed by atoms with Crippen molar-refractivity contribution >= 4 is 51.5 Å². The van der Waals surface area contributed by atoms with Gasteiger partial charge in [0.25, 0.3) is 5.91 Å².